The molecule has 0 bridgehead atoms. The van der Waals surface area contributed by atoms with Gasteiger partial charge in [-0.15, -0.1) is 0 Å². The Hall–Kier alpha value is -1.85. The van der Waals surface area contributed by atoms with Gasteiger partial charge in [-0.1, -0.05) is 13.8 Å². The highest BCUT2D eigenvalue weighted by Crippen LogP contribution is 2.35. The number of aromatic nitrogens is 2. The Balaban J connectivity index is 1.54. The predicted octanol–water partition coefficient (Wildman–Crippen LogP) is 3.52. The van der Waals surface area contributed by atoms with Gasteiger partial charge in [0, 0.05) is 19.0 Å². The zero-order chi connectivity index (χ0) is 18.8. The van der Waals surface area contributed by atoms with E-state index in [9.17, 15) is 14.7 Å². The number of carboxylic acid groups (broad SMARTS) is 1. The fourth-order valence-corrected chi connectivity index (χ4v) is 4.62. The zero-order valence-electron chi connectivity index (χ0n) is 16.1. The molecular weight excluding hydrogens is 330 g/mol. The Morgan fingerprint density at radius 3 is 2.23 bits per heavy atom. The van der Waals surface area contributed by atoms with Crippen LogP contribution in [0.3, 0.4) is 0 Å². The molecule has 1 saturated carbocycles. The molecule has 1 aliphatic carbocycles. The topological polar surface area (TPSA) is 75.4 Å². The standard InChI is InChI=1S/C20H31N3O3/c1-13(2)15-4-6-16(7-5-15)19(24)22-10-8-17(9-11-22)23-14(3)18(12-21-23)20(25)26/h12-13,15-17H,4-11H2,1-3H3,(H,25,26). The van der Waals surface area contributed by atoms with Crippen molar-refractivity contribution in [1.29, 1.82) is 0 Å². The summed E-state index contributed by atoms with van der Waals surface area (Å²) < 4.78 is 1.83. The molecule has 1 amide bonds. The van der Waals surface area contributed by atoms with E-state index in [0.29, 0.717) is 11.6 Å². The Morgan fingerprint density at radius 1 is 1.12 bits per heavy atom. The second-order valence-electron chi connectivity index (χ2n) is 8.31. The fraction of sp³-hybridized carbons (Fsp3) is 0.750. The number of nitrogens with zero attached hydrogens (tertiary/aromatic N) is 3. The van der Waals surface area contributed by atoms with Crippen LogP contribution in [0.1, 0.15) is 74.5 Å². The normalized spacial score (nSPS) is 24.8. The van der Waals surface area contributed by atoms with Gasteiger partial charge in [-0.3, -0.25) is 9.48 Å². The molecule has 1 saturated heterocycles. The maximum atomic E-state index is 12.9. The monoisotopic (exact) mass is 361 g/mol. The van der Waals surface area contributed by atoms with Crippen LogP contribution in [0.15, 0.2) is 6.20 Å². The molecule has 1 aromatic heterocycles. The maximum Gasteiger partial charge on any atom is 0.339 e. The molecule has 2 heterocycles. The van der Waals surface area contributed by atoms with Crippen LogP contribution < -0.4 is 0 Å². The number of likely N-dealkylation sites (tertiary alicyclic amines) is 1. The van der Waals surface area contributed by atoms with Gasteiger partial charge >= 0.3 is 5.97 Å². The van der Waals surface area contributed by atoms with Gasteiger partial charge in [0.15, 0.2) is 0 Å². The maximum absolute atomic E-state index is 12.9. The number of amides is 1. The van der Waals surface area contributed by atoms with Gasteiger partial charge in [-0.25, -0.2) is 4.79 Å². The lowest BCUT2D eigenvalue weighted by molar-refractivity contribution is -0.138. The summed E-state index contributed by atoms with van der Waals surface area (Å²) in [5.41, 5.74) is 0.972. The number of carbonyl (C=O) groups is 2. The summed E-state index contributed by atoms with van der Waals surface area (Å²) in [6, 6.07) is 0.184. The number of aromatic carboxylic acids is 1. The van der Waals surface area contributed by atoms with E-state index >= 15 is 0 Å². The van der Waals surface area contributed by atoms with Crippen LogP contribution in [-0.2, 0) is 4.79 Å². The molecule has 0 radical (unpaired) electrons. The van der Waals surface area contributed by atoms with Crippen molar-refractivity contribution in [3.63, 3.8) is 0 Å². The van der Waals surface area contributed by atoms with E-state index in [1.165, 1.54) is 19.0 Å². The number of hydrogen-bond donors (Lipinski definition) is 1. The molecule has 26 heavy (non-hydrogen) atoms. The second kappa shape index (κ2) is 7.80. The molecule has 2 aliphatic rings. The first-order chi connectivity index (χ1) is 12.4. The van der Waals surface area contributed by atoms with E-state index in [1.54, 1.807) is 6.92 Å². The zero-order valence-corrected chi connectivity index (χ0v) is 16.1. The van der Waals surface area contributed by atoms with Crippen LogP contribution in [0.5, 0.6) is 0 Å². The molecular formula is C20H31N3O3. The number of rotatable bonds is 4. The van der Waals surface area contributed by atoms with Gasteiger partial charge in [0.2, 0.25) is 5.91 Å². The smallest absolute Gasteiger partial charge is 0.339 e. The number of carboxylic acids is 1. The van der Waals surface area contributed by atoms with Crippen LogP contribution >= 0.6 is 0 Å². The van der Waals surface area contributed by atoms with Crippen LogP contribution in [0.2, 0.25) is 0 Å². The van der Waals surface area contributed by atoms with Crippen molar-refractivity contribution >= 4 is 11.9 Å². The lowest BCUT2D eigenvalue weighted by Crippen LogP contribution is -2.43. The third kappa shape index (κ3) is 3.79. The Morgan fingerprint density at radius 2 is 1.73 bits per heavy atom. The van der Waals surface area contributed by atoms with E-state index in [-0.39, 0.29) is 17.5 Å². The van der Waals surface area contributed by atoms with Crippen LogP contribution in [0.25, 0.3) is 0 Å². The molecule has 144 valence electrons. The summed E-state index contributed by atoms with van der Waals surface area (Å²) in [6.07, 6.45) is 7.53. The molecule has 1 N–H and O–H groups in total. The van der Waals surface area contributed by atoms with Crippen LogP contribution in [-0.4, -0.2) is 44.8 Å². The second-order valence-corrected chi connectivity index (χ2v) is 8.31. The van der Waals surface area contributed by atoms with Gasteiger partial charge < -0.3 is 10.0 Å². The minimum atomic E-state index is -0.932. The minimum absolute atomic E-state index is 0.184. The van der Waals surface area contributed by atoms with Crippen LogP contribution in [0, 0.1) is 24.7 Å². The molecule has 1 aliphatic heterocycles. The highest BCUT2D eigenvalue weighted by Gasteiger charge is 2.33. The molecule has 3 rings (SSSR count). The van der Waals surface area contributed by atoms with Crippen molar-refractivity contribution in [2.45, 2.75) is 65.3 Å². The lowest BCUT2D eigenvalue weighted by atomic mass is 9.76. The number of piperidine rings is 1. The van der Waals surface area contributed by atoms with Gasteiger partial charge in [-0.2, -0.15) is 5.10 Å². The van der Waals surface area contributed by atoms with E-state index in [4.69, 9.17) is 0 Å². The van der Waals surface area contributed by atoms with E-state index in [1.807, 2.05) is 9.58 Å². The average molecular weight is 361 g/mol. The molecule has 0 spiro atoms. The molecule has 6 heteroatoms. The summed E-state index contributed by atoms with van der Waals surface area (Å²) in [6.45, 7) is 7.86. The molecule has 2 fully saturated rings. The van der Waals surface area contributed by atoms with Crippen molar-refractivity contribution in [2.24, 2.45) is 17.8 Å². The molecule has 0 atom stereocenters. The highest BCUT2D eigenvalue weighted by atomic mass is 16.4. The third-order valence-corrected chi connectivity index (χ3v) is 6.46. The van der Waals surface area contributed by atoms with E-state index in [0.717, 1.165) is 50.6 Å². The Labute approximate surface area is 155 Å². The fourth-order valence-electron chi connectivity index (χ4n) is 4.62. The Kier molecular flexibility index (Phi) is 5.68. The summed E-state index contributed by atoms with van der Waals surface area (Å²) in [4.78, 5) is 26.1. The Bertz CT molecular complexity index is 651. The van der Waals surface area contributed by atoms with Crippen molar-refractivity contribution in [3.8, 4) is 0 Å². The third-order valence-electron chi connectivity index (χ3n) is 6.46. The summed E-state index contributed by atoms with van der Waals surface area (Å²) in [5, 5.41) is 13.5. The molecule has 1 aromatic rings. The largest absolute Gasteiger partial charge is 0.478 e. The lowest BCUT2D eigenvalue weighted by Gasteiger charge is -2.37. The number of hydrogen-bond acceptors (Lipinski definition) is 3. The summed E-state index contributed by atoms with van der Waals surface area (Å²) in [5.74, 6) is 1.09. The van der Waals surface area contributed by atoms with Gasteiger partial charge in [-0.05, 0) is 57.3 Å². The van der Waals surface area contributed by atoms with E-state index < -0.39 is 5.97 Å². The van der Waals surface area contributed by atoms with Gasteiger partial charge in [0.1, 0.15) is 5.56 Å². The summed E-state index contributed by atoms with van der Waals surface area (Å²) >= 11 is 0. The van der Waals surface area contributed by atoms with Gasteiger partial charge in [0.25, 0.3) is 0 Å². The first-order valence-electron chi connectivity index (χ1n) is 9.94. The average Bonchev–Trinajstić information content (AvgIpc) is 3.03. The SMILES string of the molecule is Cc1c(C(=O)O)cnn1C1CCN(C(=O)C2CCC(C(C)C)CC2)CC1. The minimum Gasteiger partial charge on any atom is -0.478 e. The van der Waals surface area contributed by atoms with Crippen molar-refractivity contribution < 1.29 is 14.7 Å². The van der Waals surface area contributed by atoms with Gasteiger partial charge in [0.05, 0.1) is 17.9 Å². The molecule has 6 nitrogen and oxygen atoms in total. The first kappa shape index (κ1) is 18.9. The van der Waals surface area contributed by atoms with Crippen molar-refractivity contribution in [1.82, 2.24) is 14.7 Å². The summed E-state index contributed by atoms with van der Waals surface area (Å²) in [7, 11) is 0. The van der Waals surface area contributed by atoms with E-state index in [2.05, 4.69) is 18.9 Å². The van der Waals surface area contributed by atoms with Crippen LogP contribution in [0.4, 0.5) is 0 Å². The molecule has 0 unspecified atom stereocenters. The number of carbonyl (C=O) groups excluding carboxylic acids is 1. The first-order valence-corrected chi connectivity index (χ1v) is 9.94. The molecule has 0 aromatic carbocycles. The van der Waals surface area contributed by atoms with Crippen molar-refractivity contribution in [3.05, 3.63) is 17.5 Å². The quantitative estimate of drug-likeness (QED) is 0.890. The highest BCUT2D eigenvalue weighted by molar-refractivity contribution is 5.88. The predicted molar refractivity (Wildman–Crippen MR) is 99.1 cm³/mol. The van der Waals surface area contributed by atoms with Crippen molar-refractivity contribution in [2.75, 3.05) is 13.1 Å².